The minimum atomic E-state index is -7.94. The molecule has 1 aromatic rings. The first-order chi connectivity index (χ1) is 13.8. The Bertz CT molecular complexity index is 800. The summed E-state index contributed by atoms with van der Waals surface area (Å²) in [5.74, 6) is -37.9. The summed E-state index contributed by atoms with van der Waals surface area (Å²) < 4.78 is 172. The van der Waals surface area contributed by atoms with Crippen molar-refractivity contribution in [2.24, 2.45) is 0 Å². The van der Waals surface area contributed by atoms with Gasteiger partial charge in [0, 0.05) is 5.56 Å². The largest absolute Gasteiger partial charge is 0.460 e. The molecule has 1 aromatic carbocycles. The number of hydrogen-bond donors (Lipinski definition) is 0. The van der Waals surface area contributed by atoms with Crippen molar-refractivity contribution in [1.29, 1.82) is 0 Å². The van der Waals surface area contributed by atoms with Gasteiger partial charge in [0.05, 0.1) is 0 Å². The highest BCUT2D eigenvalue weighted by Gasteiger charge is 2.90. The Morgan fingerprint density at radius 2 is 1.03 bits per heavy atom. The average Bonchev–Trinajstić information content (AvgIpc) is 2.58. The standard InChI is InChI=1S/C15H10Cl3F13Si/c1-7(6-32(16,17)18)8-2-4-9(5-3-8)10(19,20)11(21,22)12(23,24)13(25,26)14(27,28)15(29,30)31/h2-5,7H,6H2,1H3. The number of rotatable bonds is 8. The lowest BCUT2D eigenvalue weighted by atomic mass is 9.89. The van der Waals surface area contributed by atoms with Crippen LogP contribution < -0.4 is 0 Å². The lowest BCUT2D eigenvalue weighted by Crippen LogP contribution is -2.69. The molecule has 0 heterocycles. The van der Waals surface area contributed by atoms with Crippen LogP contribution >= 0.6 is 33.2 Å². The number of halogens is 16. The second-order valence-electron chi connectivity index (χ2n) is 6.71. The zero-order valence-electron chi connectivity index (χ0n) is 15.1. The van der Waals surface area contributed by atoms with Gasteiger partial charge in [-0.25, -0.2) is 0 Å². The summed E-state index contributed by atoms with van der Waals surface area (Å²) in [5.41, 5.74) is -2.00. The molecule has 0 fully saturated rings. The van der Waals surface area contributed by atoms with Gasteiger partial charge in [-0.3, -0.25) is 0 Å². The van der Waals surface area contributed by atoms with E-state index in [1.807, 2.05) is 0 Å². The van der Waals surface area contributed by atoms with Crippen LogP contribution in [0.3, 0.4) is 0 Å². The average molecular weight is 572 g/mol. The maximum atomic E-state index is 14.1. The molecule has 0 radical (unpaired) electrons. The van der Waals surface area contributed by atoms with Crippen LogP contribution in [0.25, 0.3) is 0 Å². The SMILES string of the molecule is CC(C[Si](Cl)(Cl)Cl)c1ccc(C(F)(F)C(F)(F)C(F)(F)C(F)(F)C(F)(F)C(F)(F)F)cc1. The second-order valence-corrected chi connectivity index (χ2v) is 15.9. The summed E-state index contributed by atoms with van der Waals surface area (Å²) in [5, 5.41) is 0. The molecule has 0 aromatic heterocycles. The van der Waals surface area contributed by atoms with E-state index in [1.165, 1.54) is 6.92 Å². The maximum Gasteiger partial charge on any atom is 0.460 e. The summed E-state index contributed by atoms with van der Waals surface area (Å²) >= 11 is 17.0. The van der Waals surface area contributed by atoms with Crippen molar-refractivity contribution < 1.29 is 57.1 Å². The minimum absolute atomic E-state index is 0.0624. The highest BCUT2D eigenvalue weighted by Crippen LogP contribution is 2.62. The molecule has 0 bridgehead atoms. The summed E-state index contributed by atoms with van der Waals surface area (Å²) in [6.45, 7) is 1.41. The monoisotopic (exact) mass is 570 g/mol. The van der Waals surface area contributed by atoms with Crippen LogP contribution in [0.4, 0.5) is 57.1 Å². The predicted molar refractivity (Wildman–Crippen MR) is 92.7 cm³/mol. The van der Waals surface area contributed by atoms with E-state index in [0.717, 1.165) is 0 Å². The molecule has 1 rings (SSSR count). The van der Waals surface area contributed by atoms with Gasteiger partial charge in [0.15, 0.2) is 0 Å². The third-order valence-corrected chi connectivity index (χ3v) is 6.78. The molecule has 32 heavy (non-hydrogen) atoms. The molecule has 0 aliphatic carbocycles. The Labute approximate surface area is 186 Å². The van der Waals surface area contributed by atoms with Gasteiger partial charge < -0.3 is 0 Å². The summed E-state index contributed by atoms with van der Waals surface area (Å²) in [6, 6.07) is -1.87. The topological polar surface area (TPSA) is 0 Å². The van der Waals surface area contributed by atoms with Crippen molar-refractivity contribution in [3.63, 3.8) is 0 Å². The van der Waals surface area contributed by atoms with Crippen LogP contribution in [0.1, 0.15) is 24.0 Å². The van der Waals surface area contributed by atoms with Gasteiger partial charge in [0.2, 0.25) is 0 Å². The van der Waals surface area contributed by atoms with Gasteiger partial charge in [-0.15, -0.1) is 33.2 Å². The lowest BCUT2D eigenvalue weighted by Gasteiger charge is -2.39. The third kappa shape index (κ3) is 4.92. The van der Waals surface area contributed by atoms with Crippen molar-refractivity contribution in [3.8, 4) is 0 Å². The molecule has 0 amide bonds. The summed E-state index contributed by atoms with van der Waals surface area (Å²) in [6.07, 6.45) is -7.45. The smallest absolute Gasteiger partial charge is 0.194 e. The maximum absolute atomic E-state index is 14.1. The van der Waals surface area contributed by atoms with Crippen molar-refractivity contribution in [1.82, 2.24) is 0 Å². The van der Waals surface area contributed by atoms with E-state index >= 15 is 0 Å². The van der Waals surface area contributed by atoms with Crippen LogP contribution in [-0.2, 0) is 5.92 Å². The Kier molecular flexibility index (Phi) is 7.87. The van der Waals surface area contributed by atoms with Crippen LogP contribution in [0.5, 0.6) is 0 Å². The molecule has 186 valence electrons. The molecule has 0 N–H and O–H groups in total. The fourth-order valence-electron chi connectivity index (χ4n) is 2.44. The first-order valence-electron chi connectivity index (χ1n) is 7.97. The lowest BCUT2D eigenvalue weighted by molar-refractivity contribution is -0.441. The molecular formula is C15H10Cl3F13Si. The van der Waals surface area contributed by atoms with E-state index in [1.54, 1.807) is 0 Å². The quantitative estimate of drug-likeness (QED) is 0.166. The number of hydrogen-bond acceptors (Lipinski definition) is 0. The highest BCUT2D eigenvalue weighted by atomic mass is 35.8. The van der Waals surface area contributed by atoms with E-state index in [0.29, 0.717) is 12.1 Å². The second kappa shape index (κ2) is 8.56. The van der Waals surface area contributed by atoms with Crippen molar-refractivity contribution >= 4 is 39.2 Å². The van der Waals surface area contributed by atoms with Crippen LogP contribution in [0.15, 0.2) is 24.3 Å². The van der Waals surface area contributed by atoms with Gasteiger partial charge in [-0.2, -0.15) is 57.1 Å². The van der Waals surface area contributed by atoms with Crippen LogP contribution in [0, 0.1) is 0 Å². The predicted octanol–water partition coefficient (Wildman–Crippen LogP) is 8.64. The Morgan fingerprint density at radius 3 is 1.38 bits per heavy atom. The van der Waals surface area contributed by atoms with Gasteiger partial charge >= 0.3 is 41.8 Å². The Morgan fingerprint density at radius 1 is 0.656 bits per heavy atom. The van der Waals surface area contributed by atoms with Crippen LogP contribution in [0.2, 0.25) is 6.04 Å². The first kappa shape index (κ1) is 29.4. The Balaban J connectivity index is 3.43. The van der Waals surface area contributed by atoms with E-state index in [9.17, 15) is 57.1 Å². The fourth-order valence-corrected chi connectivity index (χ4v) is 5.45. The molecule has 0 aliphatic heterocycles. The third-order valence-electron chi connectivity index (χ3n) is 4.31. The van der Waals surface area contributed by atoms with Crippen molar-refractivity contribution in [3.05, 3.63) is 35.4 Å². The van der Waals surface area contributed by atoms with E-state index in [-0.39, 0.29) is 23.7 Å². The summed E-state index contributed by atoms with van der Waals surface area (Å²) in [7, 11) is 0. The number of alkyl halides is 13. The zero-order chi connectivity index (χ0) is 25.8. The van der Waals surface area contributed by atoms with E-state index in [4.69, 9.17) is 33.2 Å². The van der Waals surface area contributed by atoms with Gasteiger partial charge in [-0.1, -0.05) is 31.2 Å². The molecule has 1 atom stereocenters. The zero-order valence-corrected chi connectivity index (χ0v) is 18.4. The van der Waals surface area contributed by atoms with Crippen molar-refractivity contribution in [2.75, 3.05) is 0 Å². The minimum Gasteiger partial charge on any atom is -0.194 e. The first-order valence-corrected chi connectivity index (χ1v) is 13.2. The molecule has 1 unspecified atom stereocenters. The van der Waals surface area contributed by atoms with E-state index < -0.39 is 53.3 Å². The molecule has 0 saturated heterocycles. The van der Waals surface area contributed by atoms with Gasteiger partial charge in [0.25, 0.3) is 0 Å². The summed E-state index contributed by atoms with van der Waals surface area (Å²) in [4.78, 5) is 0. The molecule has 0 aliphatic rings. The highest BCUT2D eigenvalue weighted by molar-refractivity contribution is 7.64. The molecule has 17 heteroatoms. The number of benzene rings is 1. The fraction of sp³-hybridized carbons (Fsp3) is 0.600. The van der Waals surface area contributed by atoms with Gasteiger partial charge in [0.1, 0.15) is 0 Å². The van der Waals surface area contributed by atoms with Crippen LogP contribution in [-0.4, -0.2) is 35.9 Å². The Hall–Kier alpha value is -0.603. The normalized spacial score (nSPS) is 16.3. The molecular weight excluding hydrogens is 562 g/mol. The molecule has 0 nitrogen and oxygen atoms in total. The molecule has 0 spiro atoms. The van der Waals surface area contributed by atoms with E-state index in [2.05, 4.69) is 0 Å². The van der Waals surface area contributed by atoms with Gasteiger partial charge in [-0.05, 0) is 17.5 Å². The van der Waals surface area contributed by atoms with Crippen molar-refractivity contribution in [2.45, 2.75) is 54.7 Å². The molecule has 0 saturated carbocycles.